The predicted molar refractivity (Wildman–Crippen MR) is 68.8 cm³/mol. The number of phenolic OH excluding ortho intramolecular Hbond substituents is 1. The van der Waals surface area contributed by atoms with Crippen LogP contribution >= 0.6 is 0 Å². The lowest BCUT2D eigenvalue weighted by atomic mass is 10.1. The molecule has 0 atom stereocenters. The van der Waals surface area contributed by atoms with Crippen LogP contribution in [-0.2, 0) is 16.0 Å². The summed E-state index contributed by atoms with van der Waals surface area (Å²) < 4.78 is 10.5. The van der Waals surface area contributed by atoms with Gasteiger partial charge in [-0.15, -0.1) is 0 Å². The Morgan fingerprint density at radius 2 is 2.00 bits per heavy atom. The molecule has 0 aliphatic rings. The average molecular weight is 252 g/mol. The molecule has 0 radical (unpaired) electrons. The quantitative estimate of drug-likeness (QED) is 0.818. The molecule has 1 N–H and O–H groups in total. The molecule has 4 heteroatoms. The second kappa shape index (κ2) is 5.76. The third-order valence-corrected chi connectivity index (χ3v) is 2.58. The number of hydrogen-bond acceptors (Lipinski definition) is 4. The Balaban J connectivity index is 2.84. The summed E-state index contributed by atoms with van der Waals surface area (Å²) in [5.41, 5.74) is -0.229. The first-order chi connectivity index (χ1) is 8.40. The van der Waals surface area contributed by atoms with Crippen molar-refractivity contribution in [3.8, 4) is 11.5 Å². The number of hydrogen-bond donors (Lipinski definition) is 1. The zero-order valence-electron chi connectivity index (χ0n) is 11.3. The summed E-state index contributed by atoms with van der Waals surface area (Å²) in [7, 11) is 0. The van der Waals surface area contributed by atoms with E-state index in [1.165, 1.54) is 6.07 Å². The maximum atomic E-state index is 11.7. The minimum atomic E-state index is -1.07. The SMILES string of the molecule is CCOC(=O)C(C)(C)Oc1ccc(CC)c(O)c1. The van der Waals surface area contributed by atoms with Crippen LogP contribution in [0.2, 0.25) is 0 Å². The van der Waals surface area contributed by atoms with Crippen LogP contribution in [0.5, 0.6) is 11.5 Å². The molecular weight excluding hydrogens is 232 g/mol. The van der Waals surface area contributed by atoms with Gasteiger partial charge >= 0.3 is 5.97 Å². The van der Waals surface area contributed by atoms with Crippen LogP contribution in [0.15, 0.2) is 18.2 Å². The Kier molecular flexibility index (Phi) is 4.59. The van der Waals surface area contributed by atoms with Gasteiger partial charge in [-0.1, -0.05) is 13.0 Å². The number of benzene rings is 1. The Hall–Kier alpha value is -1.71. The normalized spacial score (nSPS) is 11.1. The smallest absolute Gasteiger partial charge is 0.349 e. The van der Waals surface area contributed by atoms with Crippen molar-refractivity contribution >= 4 is 5.97 Å². The number of carbonyl (C=O) groups is 1. The molecule has 0 bridgehead atoms. The molecule has 0 aliphatic heterocycles. The first-order valence-corrected chi connectivity index (χ1v) is 6.08. The van der Waals surface area contributed by atoms with Gasteiger partial charge in [0.1, 0.15) is 11.5 Å². The predicted octanol–water partition coefficient (Wildman–Crippen LogP) is 2.68. The molecule has 0 saturated heterocycles. The second-order valence-electron chi connectivity index (χ2n) is 4.48. The van der Waals surface area contributed by atoms with E-state index in [1.54, 1.807) is 32.9 Å². The van der Waals surface area contributed by atoms with E-state index in [0.717, 1.165) is 12.0 Å². The highest BCUT2D eigenvalue weighted by Crippen LogP contribution is 2.27. The van der Waals surface area contributed by atoms with Crippen molar-refractivity contribution < 1.29 is 19.4 Å². The summed E-state index contributed by atoms with van der Waals surface area (Å²) in [6, 6.07) is 5.03. The third kappa shape index (κ3) is 3.39. The lowest BCUT2D eigenvalue weighted by Gasteiger charge is -2.24. The molecule has 100 valence electrons. The standard InChI is InChI=1S/C14H20O4/c1-5-10-7-8-11(9-12(10)15)18-14(3,4)13(16)17-6-2/h7-9,15H,5-6H2,1-4H3. The Morgan fingerprint density at radius 1 is 1.33 bits per heavy atom. The topological polar surface area (TPSA) is 55.8 Å². The van der Waals surface area contributed by atoms with Gasteiger partial charge in [0.15, 0.2) is 5.60 Å². The zero-order valence-corrected chi connectivity index (χ0v) is 11.3. The van der Waals surface area contributed by atoms with Crippen LogP contribution in [-0.4, -0.2) is 23.3 Å². The van der Waals surface area contributed by atoms with Crippen molar-refractivity contribution in [3.05, 3.63) is 23.8 Å². The van der Waals surface area contributed by atoms with Crippen LogP contribution in [0, 0.1) is 0 Å². The molecule has 1 rings (SSSR count). The molecule has 0 aliphatic carbocycles. The van der Waals surface area contributed by atoms with E-state index >= 15 is 0 Å². The highest BCUT2D eigenvalue weighted by atomic mass is 16.6. The van der Waals surface area contributed by atoms with Gasteiger partial charge in [-0.3, -0.25) is 0 Å². The first kappa shape index (κ1) is 14.4. The van der Waals surface area contributed by atoms with E-state index in [1.807, 2.05) is 6.92 Å². The van der Waals surface area contributed by atoms with Crippen LogP contribution in [0.1, 0.15) is 33.3 Å². The van der Waals surface area contributed by atoms with Crippen LogP contribution < -0.4 is 4.74 Å². The monoisotopic (exact) mass is 252 g/mol. The minimum absolute atomic E-state index is 0.176. The van der Waals surface area contributed by atoms with Gasteiger partial charge in [0.2, 0.25) is 0 Å². The van der Waals surface area contributed by atoms with Crippen molar-refractivity contribution in [2.24, 2.45) is 0 Å². The van der Waals surface area contributed by atoms with E-state index in [9.17, 15) is 9.90 Å². The van der Waals surface area contributed by atoms with Crippen LogP contribution in [0.3, 0.4) is 0 Å². The Morgan fingerprint density at radius 3 is 2.50 bits per heavy atom. The largest absolute Gasteiger partial charge is 0.508 e. The van der Waals surface area contributed by atoms with Gasteiger partial charge in [0.25, 0.3) is 0 Å². The van der Waals surface area contributed by atoms with Crippen LogP contribution in [0.4, 0.5) is 0 Å². The number of aryl methyl sites for hydroxylation is 1. The number of ether oxygens (including phenoxy) is 2. The van der Waals surface area contributed by atoms with E-state index in [4.69, 9.17) is 9.47 Å². The zero-order chi connectivity index (χ0) is 13.8. The second-order valence-corrected chi connectivity index (χ2v) is 4.48. The van der Waals surface area contributed by atoms with Crippen molar-refractivity contribution in [2.75, 3.05) is 6.61 Å². The fourth-order valence-corrected chi connectivity index (χ4v) is 1.55. The summed E-state index contributed by atoms with van der Waals surface area (Å²) in [5.74, 6) is 0.196. The molecule has 0 heterocycles. The molecule has 1 aromatic carbocycles. The maximum absolute atomic E-state index is 11.7. The molecule has 0 aromatic heterocycles. The van der Waals surface area contributed by atoms with Crippen molar-refractivity contribution in [1.29, 1.82) is 0 Å². The Labute approximate surface area is 108 Å². The van der Waals surface area contributed by atoms with Gasteiger partial charge in [-0.2, -0.15) is 0 Å². The maximum Gasteiger partial charge on any atom is 0.349 e. The minimum Gasteiger partial charge on any atom is -0.508 e. The first-order valence-electron chi connectivity index (χ1n) is 6.08. The number of aromatic hydroxyl groups is 1. The molecule has 0 amide bonds. The summed E-state index contributed by atoms with van der Waals surface area (Å²) in [4.78, 5) is 11.7. The highest BCUT2D eigenvalue weighted by Gasteiger charge is 2.31. The van der Waals surface area contributed by atoms with Crippen LogP contribution in [0.25, 0.3) is 0 Å². The molecule has 0 fully saturated rings. The molecule has 18 heavy (non-hydrogen) atoms. The van der Waals surface area contributed by atoms with Crippen molar-refractivity contribution in [2.45, 2.75) is 39.7 Å². The average Bonchev–Trinajstić information content (AvgIpc) is 2.29. The number of rotatable bonds is 5. The summed E-state index contributed by atoms with van der Waals surface area (Å²) in [5, 5.41) is 9.73. The molecular formula is C14H20O4. The van der Waals surface area contributed by atoms with E-state index in [2.05, 4.69) is 0 Å². The lowest BCUT2D eigenvalue weighted by molar-refractivity contribution is -0.158. The van der Waals surface area contributed by atoms with E-state index < -0.39 is 11.6 Å². The lowest BCUT2D eigenvalue weighted by Crippen LogP contribution is -2.39. The number of carbonyl (C=O) groups excluding carboxylic acids is 1. The molecule has 0 saturated carbocycles. The van der Waals surface area contributed by atoms with E-state index in [-0.39, 0.29) is 5.75 Å². The number of phenols is 1. The van der Waals surface area contributed by atoms with Gasteiger partial charge in [-0.25, -0.2) is 4.79 Å². The fraction of sp³-hybridized carbons (Fsp3) is 0.500. The fourth-order valence-electron chi connectivity index (χ4n) is 1.55. The van der Waals surface area contributed by atoms with Gasteiger partial charge in [0, 0.05) is 6.07 Å². The van der Waals surface area contributed by atoms with Gasteiger partial charge < -0.3 is 14.6 Å². The molecule has 0 unspecified atom stereocenters. The summed E-state index contributed by atoms with van der Waals surface area (Å²) in [6.45, 7) is 7.28. The summed E-state index contributed by atoms with van der Waals surface area (Å²) >= 11 is 0. The van der Waals surface area contributed by atoms with Crippen molar-refractivity contribution in [3.63, 3.8) is 0 Å². The van der Waals surface area contributed by atoms with Gasteiger partial charge in [-0.05, 0) is 38.8 Å². The molecule has 1 aromatic rings. The highest BCUT2D eigenvalue weighted by molar-refractivity contribution is 5.79. The number of esters is 1. The van der Waals surface area contributed by atoms with Gasteiger partial charge in [0.05, 0.1) is 6.61 Å². The molecule has 4 nitrogen and oxygen atoms in total. The van der Waals surface area contributed by atoms with Crippen molar-refractivity contribution in [1.82, 2.24) is 0 Å². The van der Waals surface area contributed by atoms with E-state index in [0.29, 0.717) is 12.4 Å². The molecule has 0 spiro atoms. The Bertz CT molecular complexity index is 424. The summed E-state index contributed by atoms with van der Waals surface area (Å²) in [6.07, 6.45) is 0.743. The third-order valence-electron chi connectivity index (χ3n) is 2.58.